The van der Waals surface area contributed by atoms with Crippen LogP contribution in [0.1, 0.15) is 6.92 Å². The van der Waals surface area contributed by atoms with E-state index in [1.54, 1.807) is 0 Å². The number of fused-ring (bicyclic) bond motifs is 1. The van der Waals surface area contributed by atoms with Crippen LogP contribution in [0.3, 0.4) is 0 Å². The van der Waals surface area contributed by atoms with E-state index >= 15 is 0 Å². The normalized spacial score (nSPS) is 13.1. The van der Waals surface area contributed by atoms with Crippen molar-refractivity contribution in [3.63, 3.8) is 0 Å². The van der Waals surface area contributed by atoms with E-state index in [0.717, 1.165) is 21.6 Å². The topological polar surface area (TPSA) is 13.1 Å². The summed E-state index contributed by atoms with van der Waals surface area (Å²) >= 11 is 0. The summed E-state index contributed by atoms with van der Waals surface area (Å²) in [5.41, 5.74) is 1.73. The van der Waals surface area contributed by atoms with E-state index in [1.165, 1.54) is 0 Å². The number of allylic oxidation sites excluding steroid dienone is 2. The Morgan fingerprint density at radius 2 is 2.07 bits per heavy atom. The van der Waals surface area contributed by atoms with E-state index in [-0.39, 0.29) is 0 Å². The van der Waals surface area contributed by atoms with Crippen molar-refractivity contribution in [1.82, 2.24) is 0 Å². The number of furan rings is 1. The molecule has 0 N–H and O–H groups in total. The highest BCUT2D eigenvalue weighted by Crippen LogP contribution is 2.05. The molecule has 0 amide bonds. The van der Waals surface area contributed by atoms with Crippen LogP contribution in [0.2, 0.25) is 0 Å². The van der Waals surface area contributed by atoms with Gasteiger partial charge in [-0.3, -0.25) is 0 Å². The highest BCUT2D eigenvalue weighted by molar-refractivity contribution is 5.78. The predicted molar refractivity (Wildman–Crippen MR) is 60.3 cm³/mol. The van der Waals surface area contributed by atoms with Gasteiger partial charge in [-0.25, -0.2) is 0 Å². The van der Waals surface area contributed by atoms with Crippen molar-refractivity contribution in [2.45, 2.75) is 6.92 Å². The maximum absolute atomic E-state index is 5.63. The van der Waals surface area contributed by atoms with Crippen LogP contribution in [0.25, 0.3) is 23.6 Å². The van der Waals surface area contributed by atoms with Gasteiger partial charge in [-0.05, 0) is 19.1 Å². The number of rotatable bonds is 1. The molecule has 0 aliphatic rings. The van der Waals surface area contributed by atoms with Gasteiger partial charge >= 0.3 is 0 Å². The maximum Gasteiger partial charge on any atom is 0.135 e. The van der Waals surface area contributed by atoms with Crippen LogP contribution in [0, 0.1) is 0 Å². The van der Waals surface area contributed by atoms with Gasteiger partial charge in [0.15, 0.2) is 0 Å². The second kappa shape index (κ2) is 3.54. The van der Waals surface area contributed by atoms with Crippen molar-refractivity contribution in [2.24, 2.45) is 0 Å². The lowest BCUT2D eigenvalue weighted by molar-refractivity contribution is 0.576. The highest BCUT2D eigenvalue weighted by atomic mass is 16.3. The molecular weight excluding hydrogens is 172 g/mol. The first-order chi connectivity index (χ1) is 6.83. The number of benzene rings is 1. The van der Waals surface area contributed by atoms with Gasteiger partial charge in [-0.2, -0.15) is 0 Å². The third-order valence-electron chi connectivity index (χ3n) is 2.17. The second-order valence-corrected chi connectivity index (χ2v) is 3.13. The number of para-hydroxylation sites is 1. The lowest BCUT2D eigenvalue weighted by atomic mass is 10.2. The number of hydrogen-bond acceptors (Lipinski definition) is 1. The van der Waals surface area contributed by atoms with Crippen LogP contribution in [0.5, 0.6) is 0 Å². The minimum Gasteiger partial charge on any atom is -0.456 e. The predicted octanol–water partition coefficient (Wildman–Crippen LogP) is 2.20. The summed E-state index contributed by atoms with van der Waals surface area (Å²) < 4.78 is 5.63. The summed E-state index contributed by atoms with van der Waals surface area (Å²) in [5, 5.41) is 2.04. The molecule has 0 bridgehead atoms. The zero-order valence-electron chi connectivity index (χ0n) is 8.16. The van der Waals surface area contributed by atoms with Crippen molar-refractivity contribution in [3.8, 4) is 0 Å². The van der Waals surface area contributed by atoms with Gasteiger partial charge in [-0.1, -0.05) is 36.9 Å². The molecular formula is C13H12O. The van der Waals surface area contributed by atoms with Crippen molar-refractivity contribution in [2.75, 3.05) is 0 Å². The molecule has 2 aromatic rings. The molecule has 0 unspecified atom stereocenters. The first-order valence-electron chi connectivity index (χ1n) is 4.62. The molecule has 0 spiro atoms. The molecule has 0 aliphatic carbocycles. The molecule has 0 fully saturated rings. The Morgan fingerprint density at radius 3 is 2.79 bits per heavy atom. The van der Waals surface area contributed by atoms with Crippen LogP contribution in [0.15, 0.2) is 40.8 Å². The summed E-state index contributed by atoms with van der Waals surface area (Å²) in [4.78, 5) is 0. The third-order valence-corrected chi connectivity index (χ3v) is 2.17. The molecule has 0 saturated heterocycles. The van der Waals surface area contributed by atoms with Crippen molar-refractivity contribution in [3.05, 3.63) is 47.1 Å². The quantitative estimate of drug-likeness (QED) is 0.662. The van der Waals surface area contributed by atoms with E-state index in [2.05, 4.69) is 6.58 Å². The maximum atomic E-state index is 5.63. The summed E-state index contributed by atoms with van der Waals surface area (Å²) in [6, 6.07) is 7.93. The Balaban J connectivity index is 2.82. The van der Waals surface area contributed by atoms with Crippen LogP contribution in [0.4, 0.5) is 0 Å². The molecule has 1 aromatic heterocycles. The zero-order chi connectivity index (χ0) is 9.97. The average molecular weight is 184 g/mol. The van der Waals surface area contributed by atoms with Gasteiger partial charge in [0.1, 0.15) is 11.0 Å². The van der Waals surface area contributed by atoms with Crippen LogP contribution >= 0.6 is 0 Å². The molecule has 1 heteroatoms. The lowest BCUT2D eigenvalue weighted by Gasteiger charge is -1.82. The monoisotopic (exact) mass is 184 g/mol. The van der Waals surface area contributed by atoms with E-state index < -0.39 is 0 Å². The van der Waals surface area contributed by atoms with Gasteiger partial charge in [0, 0.05) is 10.6 Å². The first-order valence-corrected chi connectivity index (χ1v) is 4.62. The van der Waals surface area contributed by atoms with Crippen molar-refractivity contribution >= 4 is 23.6 Å². The van der Waals surface area contributed by atoms with Crippen LogP contribution in [-0.4, -0.2) is 0 Å². The van der Waals surface area contributed by atoms with E-state index in [9.17, 15) is 0 Å². The molecule has 1 heterocycles. The van der Waals surface area contributed by atoms with E-state index in [0.29, 0.717) is 0 Å². The van der Waals surface area contributed by atoms with Crippen molar-refractivity contribution in [1.29, 1.82) is 0 Å². The molecule has 1 nitrogen and oxygen atoms in total. The number of hydrogen-bond donors (Lipinski definition) is 0. The van der Waals surface area contributed by atoms with Gasteiger partial charge in [-0.15, -0.1) is 0 Å². The minimum atomic E-state index is 0.837. The highest BCUT2D eigenvalue weighted by Gasteiger charge is 1.97. The fraction of sp³-hybridized carbons (Fsp3) is 0.0769. The lowest BCUT2D eigenvalue weighted by Crippen LogP contribution is -2.17. The molecule has 2 rings (SSSR count). The molecule has 0 saturated carbocycles. The Morgan fingerprint density at radius 1 is 1.29 bits per heavy atom. The molecule has 1 aromatic carbocycles. The van der Waals surface area contributed by atoms with E-state index in [4.69, 9.17) is 4.42 Å². The third kappa shape index (κ3) is 1.37. The smallest absolute Gasteiger partial charge is 0.135 e. The first kappa shape index (κ1) is 8.82. The SMILES string of the molecule is C=c1/c(=C\C=C/C)oc2ccccc12. The Labute approximate surface area is 82.7 Å². The molecule has 0 radical (unpaired) electrons. The van der Waals surface area contributed by atoms with Crippen molar-refractivity contribution < 1.29 is 4.42 Å². The van der Waals surface area contributed by atoms with Gasteiger partial charge in [0.25, 0.3) is 0 Å². The van der Waals surface area contributed by atoms with Gasteiger partial charge < -0.3 is 4.42 Å². The fourth-order valence-corrected chi connectivity index (χ4v) is 1.44. The molecule has 70 valence electrons. The largest absolute Gasteiger partial charge is 0.456 e. The summed E-state index contributed by atoms with van der Waals surface area (Å²) in [7, 11) is 0. The minimum absolute atomic E-state index is 0.837. The van der Waals surface area contributed by atoms with Crippen LogP contribution < -0.4 is 10.6 Å². The van der Waals surface area contributed by atoms with E-state index in [1.807, 2.05) is 49.4 Å². The summed E-state index contributed by atoms with van der Waals surface area (Å²) in [6.07, 6.45) is 5.85. The Bertz CT molecular complexity index is 573. The Hall–Kier alpha value is -1.76. The zero-order valence-corrected chi connectivity index (χ0v) is 8.16. The average Bonchev–Trinajstić information content (AvgIpc) is 2.54. The molecule has 0 atom stereocenters. The summed E-state index contributed by atoms with van der Waals surface area (Å²) in [6.45, 7) is 5.98. The Kier molecular flexibility index (Phi) is 2.23. The standard InChI is InChI=1S/C13H12O/c1-3-4-8-12-10(2)11-7-5-6-9-13(11)14-12/h3-9H,2H2,1H3/b4-3-,12-8+. The molecule has 14 heavy (non-hydrogen) atoms. The van der Waals surface area contributed by atoms with Crippen LogP contribution in [-0.2, 0) is 0 Å². The summed E-state index contributed by atoms with van der Waals surface area (Å²) in [5.74, 6) is 0. The van der Waals surface area contributed by atoms with Gasteiger partial charge in [0.2, 0.25) is 0 Å². The fourth-order valence-electron chi connectivity index (χ4n) is 1.44. The van der Waals surface area contributed by atoms with Gasteiger partial charge in [0.05, 0.1) is 0 Å². The second-order valence-electron chi connectivity index (χ2n) is 3.13. The molecule has 0 aliphatic heterocycles.